The number of ether oxygens (including phenoxy) is 2. The lowest BCUT2D eigenvalue weighted by Gasteiger charge is -2.11. The highest BCUT2D eigenvalue weighted by atomic mass is 35.5. The number of benzene rings is 3. The van der Waals surface area contributed by atoms with E-state index in [1.54, 1.807) is 25.3 Å². The Morgan fingerprint density at radius 3 is 2.48 bits per heavy atom. The number of hydrogen-bond donors (Lipinski definition) is 1. The van der Waals surface area contributed by atoms with E-state index in [0.29, 0.717) is 22.8 Å². The zero-order chi connectivity index (χ0) is 22.0. The number of phenols is 1. The van der Waals surface area contributed by atoms with Crippen LogP contribution in [0, 0.1) is 12.7 Å². The van der Waals surface area contributed by atoms with Gasteiger partial charge in [0.15, 0.2) is 5.76 Å². The van der Waals surface area contributed by atoms with Gasteiger partial charge in [0.25, 0.3) is 0 Å². The van der Waals surface area contributed by atoms with Gasteiger partial charge in [-0.15, -0.1) is 0 Å². The summed E-state index contributed by atoms with van der Waals surface area (Å²) in [4.78, 5) is 0. The van der Waals surface area contributed by atoms with E-state index in [9.17, 15) is 9.50 Å². The molecule has 1 heterocycles. The number of rotatable bonds is 6. The first kappa shape index (κ1) is 20.8. The lowest BCUT2D eigenvalue weighted by molar-refractivity contribution is 0.298. The molecule has 0 saturated carbocycles. The van der Waals surface area contributed by atoms with E-state index in [4.69, 9.17) is 25.6 Å². The van der Waals surface area contributed by atoms with E-state index in [1.165, 1.54) is 18.2 Å². The van der Waals surface area contributed by atoms with Crippen molar-refractivity contribution in [3.8, 4) is 39.7 Å². The van der Waals surface area contributed by atoms with Crippen molar-refractivity contribution in [3.05, 3.63) is 82.8 Å². The van der Waals surface area contributed by atoms with Gasteiger partial charge in [-0.3, -0.25) is 0 Å². The SMILES string of the molecule is COc1ccc(-c2c(C)noc2-c2ccc(OCc3c(F)cccc3Cl)cc2O)cc1. The summed E-state index contributed by atoms with van der Waals surface area (Å²) in [5.74, 6) is 1.03. The molecule has 0 radical (unpaired) electrons. The van der Waals surface area contributed by atoms with Crippen LogP contribution in [-0.2, 0) is 6.61 Å². The summed E-state index contributed by atoms with van der Waals surface area (Å²) in [6, 6.07) is 16.7. The molecule has 3 aromatic carbocycles. The van der Waals surface area contributed by atoms with Gasteiger partial charge in [0.05, 0.1) is 29.0 Å². The number of methoxy groups -OCH3 is 1. The molecule has 0 unspecified atom stereocenters. The molecule has 4 rings (SSSR count). The van der Waals surface area contributed by atoms with Crippen LogP contribution in [0.1, 0.15) is 11.3 Å². The van der Waals surface area contributed by atoms with Crippen molar-refractivity contribution in [1.82, 2.24) is 5.16 Å². The topological polar surface area (TPSA) is 64.7 Å². The molecule has 0 aliphatic rings. The Morgan fingerprint density at radius 1 is 1.06 bits per heavy atom. The lowest BCUT2D eigenvalue weighted by Crippen LogP contribution is -1.99. The van der Waals surface area contributed by atoms with Gasteiger partial charge in [-0.2, -0.15) is 0 Å². The van der Waals surface area contributed by atoms with E-state index in [-0.39, 0.29) is 22.9 Å². The fourth-order valence-electron chi connectivity index (χ4n) is 3.27. The van der Waals surface area contributed by atoms with Crippen LogP contribution >= 0.6 is 11.6 Å². The van der Waals surface area contributed by atoms with Crippen molar-refractivity contribution in [2.45, 2.75) is 13.5 Å². The van der Waals surface area contributed by atoms with Gasteiger partial charge in [0.1, 0.15) is 29.7 Å². The lowest BCUT2D eigenvalue weighted by atomic mass is 9.99. The third-order valence-electron chi connectivity index (χ3n) is 4.90. The fraction of sp³-hybridized carbons (Fsp3) is 0.125. The molecule has 7 heteroatoms. The molecular weight excluding hydrogens is 421 g/mol. The third kappa shape index (κ3) is 4.20. The quantitative estimate of drug-likeness (QED) is 0.376. The Kier molecular flexibility index (Phi) is 5.82. The monoisotopic (exact) mass is 439 g/mol. The average molecular weight is 440 g/mol. The molecule has 0 amide bonds. The van der Waals surface area contributed by atoms with Crippen molar-refractivity contribution in [2.75, 3.05) is 7.11 Å². The molecule has 0 spiro atoms. The second kappa shape index (κ2) is 8.70. The van der Waals surface area contributed by atoms with Crippen LogP contribution in [0.15, 0.2) is 65.2 Å². The first-order valence-electron chi connectivity index (χ1n) is 9.47. The highest BCUT2D eigenvalue weighted by Crippen LogP contribution is 2.40. The molecule has 0 fully saturated rings. The maximum absolute atomic E-state index is 13.9. The molecule has 0 bridgehead atoms. The molecule has 0 atom stereocenters. The Hall–Kier alpha value is -3.51. The number of halogens is 2. The van der Waals surface area contributed by atoms with E-state index in [1.807, 2.05) is 31.2 Å². The predicted molar refractivity (Wildman–Crippen MR) is 116 cm³/mol. The van der Waals surface area contributed by atoms with Gasteiger partial charge >= 0.3 is 0 Å². The highest BCUT2D eigenvalue weighted by molar-refractivity contribution is 6.31. The van der Waals surface area contributed by atoms with Crippen LogP contribution < -0.4 is 9.47 Å². The summed E-state index contributed by atoms with van der Waals surface area (Å²) < 4.78 is 30.3. The molecule has 0 saturated heterocycles. The summed E-state index contributed by atoms with van der Waals surface area (Å²) in [6.45, 7) is 1.77. The second-order valence-electron chi connectivity index (χ2n) is 6.87. The Balaban J connectivity index is 1.62. The van der Waals surface area contributed by atoms with Crippen LogP contribution in [0.5, 0.6) is 17.2 Å². The van der Waals surface area contributed by atoms with Gasteiger partial charge in [0, 0.05) is 11.6 Å². The van der Waals surface area contributed by atoms with Crippen molar-refractivity contribution in [2.24, 2.45) is 0 Å². The number of aryl methyl sites for hydroxylation is 1. The summed E-state index contributed by atoms with van der Waals surface area (Å²) in [7, 11) is 1.60. The van der Waals surface area contributed by atoms with Gasteiger partial charge in [0.2, 0.25) is 0 Å². The van der Waals surface area contributed by atoms with Crippen LogP contribution in [0.4, 0.5) is 4.39 Å². The van der Waals surface area contributed by atoms with Gasteiger partial charge in [-0.05, 0) is 48.9 Å². The molecule has 0 aliphatic heterocycles. The summed E-state index contributed by atoms with van der Waals surface area (Å²) >= 11 is 6.03. The first-order chi connectivity index (χ1) is 15.0. The molecule has 158 valence electrons. The first-order valence-corrected chi connectivity index (χ1v) is 9.85. The number of nitrogens with zero attached hydrogens (tertiary/aromatic N) is 1. The van der Waals surface area contributed by atoms with Crippen molar-refractivity contribution in [1.29, 1.82) is 0 Å². The zero-order valence-electron chi connectivity index (χ0n) is 16.9. The molecule has 31 heavy (non-hydrogen) atoms. The fourth-order valence-corrected chi connectivity index (χ4v) is 3.49. The summed E-state index contributed by atoms with van der Waals surface area (Å²) in [5, 5.41) is 15.0. The van der Waals surface area contributed by atoms with Crippen molar-refractivity contribution < 1.29 is 23.5 Å². The predicted octanol–water partition coefficient (Wildman–Crippen LogP) is 6.40. The second-order valence-corrected chi connectivity index (χ2v) is 7.28. The molecular formula is C24H19ClFNO4. The highest BCUT2D eigenvalue weighted by Gasteiger charge is 2.20. The smallest absolute Gasteiger partial charge is 0.178 e. The van der Waals surface area contributed by atoms with Gasteiger partial charge in [-0.25, -0.2) is 4.39 Å². The minimum Gasteiger partial charge on any atom is -0.507 e. The Bertz CT molecular complexity index is 1200. The van der Waals surface area contributed by atoms with E-state index < -0.39 is 5.82 Å². The number of phenolic OH excluding ortho intramolecular Hbond substituents is 1. The Morgan fingerprint density at radius 2 is 1.81 bits per heavy atom. The molecule has 5 nitrogen and oxygen atoms in total. The van der Waals surface area contributed by atoms with E-state index >= 15 is 0 Å². The van der Waals surface area contributed by atoms with Crippen molar-refractivity contribution >= 4 is 11.6 Å². The number of hydrogen-bond acceptors (Lipinski definition) is 5. The molecule has 1 aromatic heterocycles. The third-order valence-corrected chi connectivity index (χ3v) is 5.25. The van der Waals surface area contributed by atoms with Crippen LogP contribution in [0.25, 0.3) is 22.5 Å². The van der Waals surface area contributed by atoms with Crippen LogP contribution in [0.3, 0.4) is 0 Å². The summed E-state index contributed by atoms with van der Waals surface area (Å²) in [6.07, 6.45) is 0. The van der Waals surface area contributed by atoms with Crippen LogP contribution in [0.2, 0.25) is 5.02 Å². The average Bonchev–Trinajstić information content (AvgIpc) is 3.14. The largest absolute Gasteiger partial charge is 0.507 e. The standard InChI is InChI=1S/C24H19ClFNO4/c1-14-23(15-6-8-16(29-2)9-7-15)24(31-27-14)18-11-10-17(12-22(18)28)30-13-19-20(25)4-3-5-21(19)26/h3-12,28H,13H2,1-2H3. The minimum absolute atomic E-state index is 0.0527. The number of aromatic nitrogens is 1. The van der Waals surface area contributed by atoms with E-state index in [2.05, 4.69) is 5.16 Å². The van der Waals surface area contributed by atoms with Crippen LogP contribution in [-0.4, -0.2) is 17.4 Å². The van der Waals surface area contributed by atoms with Crippen molar-refractivity contribution in [3.63, 3.8) is 0 Å². The molecule has 4 aromatic rings. The molecule has 1 N–H and O–H groups in total. The maximum Gasteiger partial charge on any atom is 0.178 e. The number of aromatic hydroxyl groups is 1. The minimum atomic E-state index is -0.449. The zero-order valence-corrected chi connectivity index (χ0v) is 17.6. The van der Waals surface area contributed by atoms with Gasteiger partial charge < -0.3 is 19.1 Å². The van der Waals surface area contributed by atoms with Gasteiger partial charge in [-0.1, -0.05) is 35.0 Å². The summed E-state index contributed by atoms with van der Waals surface area (Å²) in [5.41, 5.74) is 3.05. The van der Waals surface area contributed by atoms with E-state index in [0.717, 1.165) is 16.9 Å². The Labute approximate surface area is 183 Å². The normalized spacial score (nSPS) is 10.8. The maximum atomic E-state index is 13.9. The molecule has 0 aliphatic carbocycles.